The monoisotopic (exact) mass is 398 g/mol. The maximum absolute atomic E-state index is 13.0. The summed E-state index contributed by atoms with van der Waals surface area (Å²) in [6.45, 7) is 5.77. The maximum atomic E-state index is 13.0. The predicted molar refractivity (Wildman–Crippen MR) is 113 cm³/mol. The minimum Gasteiger partial charge on any atom is -0.356 e. The molecule has 0 radical (unpaired) electrons. The fourth-order valence-corrected chi connectivity index (χ4v) is 3.90. The summed E-state index contributed by atoms with van der Waals surface area (Å²) in [7, 11) is 0. The lowest BCUT2D eigenvalue weighted by atomic mass is 9.88. The van der Waals surface area contributed by atoms with Crippen LogP contribution >= 0.6 is 11.6 Å². The van der Waals surface area contributed by atoms with E-state index < -0.39 is 0 Å². The number of benzene rings is 2. The Bertz CT molecular complexity index is 835. The van der Waals surface area contributed by atoms with Crippen LogP contribution in [0.5, 0.6) is 0 Å². The molecule has 1 N–H and O–H groups in total. The molecule has 2 aromatic carbocycles. The Hall–Kier alpha value is -2.33. The van der Waals surface area contributed by atoms with E-state index >= 15 is 0 Å². The highest BCUT2D eigenvalue weighted by Crippen LogP contribution is 2.34. The van der Waals surface area contributed by atoms with Gasteiger partial charge in [0.1, 0.15) is 0 Å². The van der Waals surface area contributed by atoms with Gasteiger partial charge in [-0.2, -0.15) is 0 Å². The van der Waals surface area contributed by atoms with Gasteiger partial charge in [-0.3, -0.25) is 9.59 Å². The minimum absolute atomic E-state index is 0.00893. The number of unbranched alkanes of at least 4 members (excludes halogenated alkanes) is 1. The second-order valence-electron chi connectivity index (χ2n) is 7.49. The molecule has 0 aliphatic carbocycles. The zero-order valence-electron chi connectivity index (χ0n) is 16.5. The lowest BCUT2D eigenvalue weighted by Crippen LogP contribution is -2.36. The number of halogens is 1. The normalized spacial score (nSPS) is 18.9. The fraction of sp³-hybridized carbons (Fsp3) is 0.391. The summed E-state index contributed by atoms with van der Waals surface area (Å²) >= 11 is 6.05. The van der Waals surface area contributed by atoms with Crippen molar-refractivity contribution in [3.05, 3.63) is 70.2 Å². The van der Waals surface area contributed by atoms with Crippen molar-refractivity contribution in [3.63, 3.8) is 0 Å². The second kappa shape index (κ2) is 9.24. The Morgan fingerprint density at radius 1 is 1.14 bits per heavy atom. The Morgan fingerprint density at radius 3 is 2.57 bits per heavy atom. The van der Waals surface area contributed by atoms with Gasteiger partial charge in [-0.05, 0) is 37.1 Å². The van der Waals surface area contributed by atoms with Crippen molar-refractivity contribution in [1.82, 2.24) is 10.2 Å². The highest BCUT2D eigenvalue weighted by molar-refractivity contribution is 6.30. The third-order valence-corrected chi connectivity index (χ3v) is 5.59. The van der Waals surface area contributed by atoms with Crippen molar-refractivity contribution in [2.24, 2.45) is 5.92 Å². The molecule has 0 saturated carbocycles. The van der Waals surface area contributed by atoms with E-state index in [1.807, 2.05) is 6.92 Å². The Morgan fingerprint density at radius 2 is 1.89 bits per heavy atom. The molecule has 1 aliphatic rings. The van der Waals surface area contributed by atoms with Gasteiger partial charge in [-0.1, -0.05) is 60.8 Å². The van der Waals surface area contributed by atoms with Gasteiger partial charge in [0.15, 0.2) is 0 Å². The lowest BCUT2D eigenvalue weighted by molar-refractivity contribution is -0.124. The summed E-state index contributed by atoms with van der Waals surface area (Å²) in [5.74, 6) is -0.308. The molecule has 2 amide bonds. The van der Waals surface area contributed by atoms with Crippen LogP contribution in [0.4, 0.5) is 0 Å². The van der Waals surface area contributed by atoms with E-state index in [1.165, 1.54) is 5.56 Å². The van der Waals surface area contributed by atoms with E-state index in [0.29, 0.717) is 30.2 Å². The fourth-order valence-electron chi connectivity index (χ4n) is 3.71. The van der Waals surface area contributed by atoms with Crippen molar-refractivity contribution in [2.45, 2.75) is 32.6 Å². The van der Waals surface area contributed by atoms with Crippen LogP contribution in [0.3, 0.4) is 0 Å². The molecule has 0 bridgehead atoms. The van der Waals surface area contributed by atoms with Crippen molar-refractivity contribution in [2.75, 3.05) is 19.6 Å². The first kappa shape index (κ1) is 20.4. The molecule has 5 heteroatoms. The van der Waals surface area contributed by atoms with Crippen molar-refractivity contribution < 1.29 is 9.59 Å². The van der Waals surface area contributed by atoms with Crippen LogP contribution in [0.1, 0.15) is 47.2 Å². The molecule has 0 spiro atoms. The Kier molecular flexibility index (Phi) is 6.74. The molecule has 4 nitrogen and oxygen atoms in total. The van der Waals surface area contributed by atoms with Crippen LogP contribution in [0.25, 0.3) is 0 Å². The van der Waals surface area contributed by atoms with Crippen molar-refractivity contribution in [1.29, 1.82) is 0 Å². The summed E-state index contributed by atoms with van der Waals surface area (Å²) in [5, 5.41) is 3.58. The topological polar surface area (TPSA) is 49.4 Å². The molecule has 1 fully saturated rings. The minimum atomic E-state index is -0.248. The number of nitrogens with one attached hydrogen (secondary N) is 1. The predicted octanol–water partition coefficient (Wildman–Crippen LogP) is 4.42. The highest BCUT2D eigenvalue weighted by Gasteiger charge is 2.40. The van der Waals surface area contributed by atoms with E-state index in [-0.39, 0.29) is 23.7 Å². The third kappa shape index (κ3) is 4.74. The molecular weight excluding hydrogens is 372 g/mol. The van der Waals surface area contributed by atoms with Crippen LogP contribution < -0.4 is 5.32 Å². The van der Waals surface area contributed by atoms with E-state index in [4.69, 9.17) is 11.6 Å². The molecule has 1 aliphatic heterocycles. The van der Waals surface area contributed by atoms with Gasteiger partial charge < -0.3 is 10.2 Å². The van der Waals surface area contributed by atoms with Crippen LogP contribution in [0.2, 0.25) is 5.02 Å². The zero-order valence-corrected chi connectivity index (χ0v) is 17.2. The summed E-state index contributed by atoms with van der Waals surface area (Å²) < 4.78 is 0. The first-order valence-electron chi connectivity index (χ1n) is 9.88. The molecule has 148 valence electrons. The van der Waals surface area contributed by atoms with Gasteiger partial charge in [0, 0.05) is 36.1 Å². The van der Waals surface area contributed by atoms with Crippen molar-refractivity contribution in [3.8, 4) is 0 Å². The van der Waals surface area contributed by atoms with Gasteiger partial charge in [0.05, 0.1) is 5.92 Å². The number of rotatable bonds is 6. The largest absolute Gasteiger partial charge is 0.356 e. The number of amides is 2. The van der Waals surface area contributed by atoms with Crippen LogP contribution in [-0.2, 0) is 4.79 Å². The maximum Gasteiger partial charge on any atom is 0.253 e. The summed E-state index contributed by atoms with van der Waals surface area (Å²) in [6.07, 6.45) is 1.99. The number of likely N-dealkylation sites (tertiary alicyclic amines) is 1. The van der Waals surface area contributed by atoms with Gasteiger partial charge in [0.25, 0.3) is 5.91 Å². The van der Waals surface area contributed by atoms with E-state index in [2.05, 4.69) is 36.5 Å². The first-order valence-corrected chi connectivity index (χ1v) is 10.3. The zero-order chi connectivity index (χ0) is 20.1. The quantitative estimate of drug-likeness (QED) is 0.732. The third-order valence-electron chi connectivity index (χ3n) is 5.35. The number of hydrogen-bond donors (Lipinski definition) is 1. The second-order valence-corrected chi connectivity index (χ2v) is 7.93. The van der Waals surface area contributed by atoms with Gasteiger partial charge in [-0.25, -0.2) is 0 Å². The molecule has 1 heterocycles. The molecule has 0 aromatic heterocycles. The van der Waals surface area contributed by atoms with E-state index in [0.717, 1.165) is 18.4 Å². The number of carbonyl (C=O) groups excluding carboxylic acids is 2. The number of aryl methyl sites for hydroxylation is 1. The SMILES string of the molecule is CCCCNC(=O)C1CN(C(=O)c2cccc(Cl)c2)CC1c1ccc(C)cc1. The smallest absolute Gasteiger partial charge is 0.253 e. The van der Waals surface area contributed by atoms with E-state index in [1.54, 1.807) is 29.2 Å². The average Bonchev–Trinajstić information content (AvgIpc) is 3.13. The van der Waals surface area contributed by atoms with E-state index in [9.17, 15) is 9.59 Å². The van der Waals surface area contributed by atoms with Gasteiger partial charge >= 0.3 is 0 Å². The first-order chi connectivity index (χ1) is 13.5. The van der Waals surface area contributed by atoms with Gasteiger partial charge in [-0.15, -0.1) is 0 Å². The molecular formula is C23H27ClN2O2. The summed E-state index contributed by atoms with van der Waals surface area (Å²) in [6, 6.07) is 15.2. The van der Waals surface area contributed by atoms with Crippen molar-refractivity contribution >= 4 is 23.4 Å². The molecule has 2 aromatic rings. The number of nitrogens with zero attached hydrogens (tertiary/aromatic N) is 1. The summed E-state index contributed by atoms with van der Waals surface area (Å²) in [4.78, 5) is 27.6. The lowest BCUT2D eigenvalue weighted by Gasteiger charge is -2.18. The Balaban J connectivity index is 1.82. The number of carbonyl (C=O) groups is 2. The Labute approximate surface area is 171 Å². The van der Waals surface area contributed by atoms with Crippen LogP contribution in [-0.4, -0.2) is 36.3 Å². The number of hydrogen-bond acceptors (Lipinski definition) is 2. The molecule has 1 saturated heterocycles. The molecule has 2 unspecified atom stereocenters. The highest BCUT2D eigenvalue weighted by atomic mass is 35.5. The standard InChI is InChI=1S/C23H27ClN2O2/c1-3-4-12-25-22(27)21-15-26(23(28)18-6-5-7-19(24)13-18)14-20(21)17-10-8-16(2)9-11-17/h5-11,13,20-21H,3-4,12,14-15H2,1-2H3,(H,25,27). The summed E-state index contributed by atoms with van der Waals surface area (Å²) in [5.41, 5.74) is 2.84. The molecule has 28 heavy (non-hydrogen) atoms. The molecule has 3 rings (SSSR count). The van der Waals surface area contributed by atoms with Crippen LogP contribution in [0, 0.1) is 12.8 Å². The van der Waals surface area contributed by atoms with Crippen LogP contribution in [0.15, 0.2) is 48.5 Å². The van der Waals surface area contributed by atoms with Gasteiger partial charge in [0.2, 0.25) is 5.91 Å². The average molecular weight is 399 g/mol. The molecule has 2 atom stereocenters.